The summed E-state index contributed by atoms with van der Waals surface area (Å²) in [4.78, 5) is 6.33. The molecule has 0 N–H and O–H groups in total. The SMILES string of the molecule is CC1COc2ncccc2N1C. The van der Waals surface area contributed by atoms with Crippen molar-refractivity contribution in [3.05, 3.63) is 18.3 Å². The van der Waals surface area contributed by atoms with Gasteiger partial charge in [0, 0.05) is 13.2 Å². The Morgan fingerprint density at radius 1 is 1.67 bits per heavy atom. The van der Waals surface area contributed by atoms with Crippen LogP contribution < -0.4 is 9.64 Å². The zero-order valence-electron chi connectivity index (χ0n) is 7.32. The minimum Gasteiger partial charge on any atom is -0.474 e. The molecule has 0 amide bonds. The van der Waals surface area contributed by atoms with Gasteiger partial charge < -0.3 is 9.64 Å². The third-order valence-electron chi connectivity index (χ3n) is 2.25. The quantitative estimate of drug-likeness (QED) is 0.578. The van der Waals surface area contributed by atoms with Crippen LogP contribution in [0.5, 0.6) is 5.88 Å². The molecule has 0 radical (unpaired) electrons. The highest BCUT2D eigenvalue weighted by atomic mass is 16.5. The number of rotatable bonds is 0. The molecular formula is C9H12N2O. The normalized spacial score (nSPS) is 21.5. The second-order valence-electron chi connectivity index (χ2n) is 3.10. The van der Waals surface area contributed by atoms with Crippen molar-refractivity contribution in [2.24, 2.45) is 0 Å². The number of hydrogen-bond donors (Lipinski definition) is 0. The van der Waals surface area contributed by atoms with Gasteiger partial charge in [-0.05, 0) is 19.1 Å². The number of hydrogen-bond acceptors (Lipinski definition) is 3. The number of aromatic nitrogens is 1. The Hall–Kier alpha value is -1.25. The van der Waals surface area contributed by atoms with Gasteiger partial charge in [-0.25, -0.2) is 4.98 Å². The highest BCUT2D eigenvalue weighted by Crippen LogP contribution is 2.29. The Morgan fingerprint density at radius 2 is 2.50 bits per heavy atom. The van der Waals surface area contributed by atoms with Crippen LogP contribution in [0.25, 0.3) is 0 Å². The summed E-state index contributed by atoms with van der Waals surface area (Å²) in [5.41, 5.74) is 1.08. The molecule has 3 heteroatoms. The monoisotopic (exact) mass is 164 g/mol. The van der Waals surface area contributed by atoms with Gasteiger partial charge in [0.1, 0.15) is 6.61 Å². The molecule has 0 aliphatic carbocycles. The van der Waals surface area contributed by atoms with E-state index in [0.29, 0.717) is 6.04 Å². The average Bonchev–Trinajstić information content (AvgIpc) is 2.12. The number of pyridine rings is 1. The fraction of sp³-hybridized carbons (Fsp3) is 0.444. The van der Waals surface area contributed by atoms with E-state index in [2.05, 4.69) is 23.9 Å². The summed E-state index contributed by atoms with van der Waals surface area (Å²) in [6.07, 6.45) is 1.75. The first-order valence-electron chi connectivity index (χ1n) is 4.09. The number of anilines is 1. The van der Waals surface area contributed by atoms with Gasteiger partial charge in [-0.1, -0.05) is 0 Å². The molecule has 1 aliphatic rings. The van der Waals surface area contributed by atoms with Crippen LogP contribution in [0, 0.1) is 0 Å². The molecule has 1 aliphatic heterocycles. The molecule has 0 saturated carbocycles. The minimum atomic E-state index is 0.432. The van der Waals surface area contributed by atoms with Crippen molar-refractivity contribution in [3.63, 3.8) is 0 Å². The first-order chi connectivity index (χ1) is 5.79. The van der Waals surface area contributed by atoms with Gasteiger partial charge in [0.15, 0.2) is 0 Å². The fourth-order valence-corrected chi connectivity index (χ4v) is 1.31. The Balaban J connectivity index is 2.42. The maximum atomic E-state index is 5.45. The van der Waals surface area contributed by atoms with Crippen LogP contribution in [0.4, 0.5) is 5.69 Å². The van der Waals surface area contributed by atoms with Crippen molar-refractivity contribution in [1.29, 1.82) is 0 Å². The van der Waals surface area contributed by atoms with Crippen LogP contribution in [0.15, 0.2) is 18.3 Å². The fourth-order valence-electron chi connectivity index (χ4n) is 1.31. The van der Waals surface area contributed by atoms with E-state index in [1.807, 2.05) is 12.1 Å². The van der Waals surface area contributed by atoms with Gasteiger partial charge in [0.05, 0.1) is 11.7 Å². The molecule has 3 nitrogen and oxygen atoms in total. The van der Waals surface area contributed by atoms with Crippen LogP contribution in [0.1, 0.15) is 6.92 Å². The predicted octanol–water partition coefficient (Wildman–Crippen LogP) is 1.30. The van der Waals surface area contributed by atoms with Crippen LogP contribution in [-0.2, 0) is 0 Å². The molecule has 2 rings (SSSR count). The van der Waals surface area contributed by atoms with Crippen molar-refractivity contribution in [3.8, 4) is 5.88 Å². The predicted molar refractivity (Wildman–Crippen MR) is 47.6 cm³/mol. The van der Waals surface area contributed by atoms with E-state index in [0.717, 1.165) is 18.2 Å². The smallest absolute Gasteiger partial charge is 0.237 e. The number of nitrogens with zero attached hydrogens (tertiary/aromatic N) is 2. The van der Waals surface area contributed by atoms with E-state index in [9.17, 15) is 0 Å². The van der Waals surface area contributed by atoms with Gasteiger partial charge in [-0.2, -0.15) is 0 Å². The van der Waals surface area contributed by atoms with Crippen molar-refractivity contribution < 1.29 is 4.74 Å². The second kappa shape index (κ2) is 2.66. The molecule has 0 bridgehead atoms. The number of ether oxygens (including phenoxy) is 1. The lowest BCUT2D eigenvalue weighted by atomic mass is 10.2. The Labute approximate surface area is 72.0 Å². The van der Waals surface area contributed by atoms with Crippen molar-refractivity contribution in [1.82, 2.24) is 4.98 Å². The van der Waals surface area contributed by atoms with Gasteiger partial charge >= 0.3 is 0 Å². The lowest BCUT2D eigenvalue weighted by Crippen LogP contribution is -2.38. The van der Waals surface area contributed by atoms with E-state index in [-0.39, 0.29) is 0 Å². The van der Waals surface area contributed by atoms with Crippen molar-refractivity contribution in [2.75, 3.05) is 18.6 Å². The molecular weight excluding hydrogens is 152 g/mol. The minimum absolute atomic E-state index is 0.432. The summed E-state index contributed by atoms with van der Waals surface area (Å²) in [6.45, 7) is 2.86. The summed E-state index contributed by atoms with van der Waals surface area (Å²) in [5.74, 6) is 0.748. The summed E-state index contributed by atoms with van der Waals surface area (Å²) >= 11 is 0. The van der Waals surface area contributed by atoms with Crippen molar-refractivity contribution in [2.45, 2.75) is 13.0 Å². The van der Waals surface area contributed by atoms with E-state index in [1.165, 1.54) is 0 Å². The van der Waals surface area contributed by atoms with Crippen LogP contribution in [0.2, 0.25) is 0 Å². The molecule has 1 aromatic heterocycles. The molecule has 1 atom stereocenters. The molecule has 2 heterocycles. The van der Waals surface area contributed by atoms with Crippen molar-refractivity contribution >= 4 is 5.69 Å². The molecule has 0 spiro atoms. The van der Waals surface area contributed by atoms with Gasteiger partial charge in [-0.15, -0.1) is 0 Å². The Kier molecular flexibility index (Phi) is 1.64. The summed E-state index contributed by atoms with van der Waals surface area (Å²) in [7, 11) is 2.06. The molecule has 0 saturated heterocycles. The van der Waals surface area contributed by atoms with E-state index < -0.39 is 0 Å². The van der Waals surface area contributed by atoms with E-state index in [4.69, 9.17) is 4.74 Å². The molecule has 0 aromatic carbocycles. The van der Waals surface area contributed by atoms with E-state index >= 15 is 0 Å². The zero-order valence-corrected chi connectivity index (χ0v) is 7.32. The zero-order chi connectivity index (χ0) is 8.55. The molecule has 64 valence electrons. The second-order valence-corrected chi connectivity index (χ2v) is 3.10. The van der Waals surface area contributed by atoms with Crippen LogP contribution in [-0.4, -0.2) is 24.7 Å². The molecule has 12 heavy (non-hydrogen) atoms. The highest BCUT2D eigenvalue weighted by Gasteiger charge is 2.20. The molecule has 1 aromatic rings. The molecule has 1 unspecified atom stereocenters. The topological polar surface area (TPSA) is 25.4 Å². The first-order valence-corrected chi connectivity index (χ1v) is 4.09. The summed E-state index contributed by atoms with van der Waals surface area (Å²) < 4.78 is 5.45. The molecule has 0 fully saturated rings. The number of fused-ring (bicyclic) bond motifs is 1. The van der Waals surface area contributed by atoms with Gasteiger partial charge in [-0.3, -0.25) is 0 Å². The Bertz CT molecular complexity index is 288. The third kappa shape index (κ3) is 1.02. The maximum absolute atomic E-state index is 5.45. The lowest BCUT2D eigenvalue weighted by molar-refractivity contribution is 0.264. The van der Waals surface area contributed by atoms with Crippen LogP contribution >= 0.6 is 0 Å². The Morgan fingerprint density at radius 3 is 3.33 bits per heavy atom. The van der Waals surface area contributed by atoms with Crippen LogP contribution in [0.3, 0.4) is 0 Å². The summed E-state index contributed by atoms with van der Waals surface area (Å²) in [6, 6.07) is 4.39. The largest absolute Gasteiger partial charge is 0.474 e. The third-order valence-corrected chi connectivity index (χ3v) is 2.25. The first kappa shape index (κ1) is 7.40. The highest BCUT2D eigenvalue weighted by molar-refractivity contribution is 5.56. The average molecular weight is 164 g/mol. The maximum Gasteiger partial charge on any atom is 0.237 e. The van der Waals surface area contributed by atoms with Gasteiger partial charge in [0.25, 0.3) is 0 Å². The lowest BCUT2D eigenvalue weighted by Gasteiger charge is -2.32. The van der Waals surface area contributed by atoms with E-state index in [1.54, 1.807) is 6.20 Å². The number of likely N-dealkylation sites (N-methyl/N-ethyl adjacent to an activating group) is 1. The van der Waals surface area contributed by atoms with Gasteiger partial charge in [0.2, 0.25) is 5.88 Å². The standard InChI is InChI=1S/C9H12N2O/c1-7-6-12-9-8(11(7)2)4-3-5-10-9/h3-5,7H,6H2,1-2H3. The summed E-state index contributed by atoms with van der Waals surface area (Å²) in [5, 5.41) is 0.